The number of alkyl halides is 1. The second kappa shape index (κ2) is 4.60. The molecule has 19 heavy (non-hydrogen) atoms. The van der Waals surface area contributed by atoms with E-state index in [0.717, 1.165) is 5.69 Å². The second-order valence-electron chi connectivity index (χ2n) is 3.94. The first-order chi connectivity index (χ1) is 9.31. The molecule has 0 aliphatic rings. The first-order valence-corrected chi connectivity index (χ1v) is 5.73. The Kier molecular flexibility index (Phi) is 2.79. The van der Waals surface area contributed by atoms with E-state index in [-0.39, 0.29) is 17.6 Å². The molecule has 0 fully saturated rings. The van der Waals surface area contributed by atoms with Crippen molar-refractivity contribution in [2.75, 3.05) is 6.67 Å². The first kappa shape index (κ1) is 11.5. The van der Waals surface area contributed by atoms with Crippen LogP contribution in [0, 0.1) is 0 Å². The lowest BCUT2D eigenvalue weighted by atomic mass is 10.3. The van der Waals surface area contributed by atoms with E-state index in [0.29, 0.717) is 5.65 Å². The van der Waals surface area contributed by atoms with Crippen molar-refractivity contribution in [2.24, 2.45) is 0 Å². The summed E-state index contributed by atoms with van der Waals surface area (Å²) < 4.78 is 15.0. The van der Waals surface area contributed by atoms with E-state index in [4.69, 9.17) is 0 Å². The van der Waals surface area contributed by atoms with Crippen molar-refractivity contribution in [3.63, 3.8) is 0 Å². The maximum atomic E-state index is 12.3. The molecule has 0 aliphatic heterocycles. The van der Waals surface area contributed by atoms with Crippen LogP contribution in [0.5, 0.6) is 0 Å². The Balaban J connectivity index is 2.21. The highest BCUT2D eigenvalue weighted by Crippen LogP contribution is 2.10. The van der Waals surface area contributed by atoms with Crippen molar-refractivity contribution in [3.05, 3.63) is 47.0 Å². The summed E-state index contributed by atoms with van der Waals surface area (Å²) in [5.41, 5.74) is 0.885. The highest BCUT2D eigenvalue weighted by atomic mass is 19.1. The number of aromatic nitrogens is 5. The molecule has 0 atom stereocenters. The molecule has 0 amide bonds. The van der Waals surface area contributed by atoms with Gasteiger partial charge in [0.05, 0.1) is 12.2 Å². The summed E-state index contributed by atoms with van der Waals surface area (Å²) >= 11 is 0. The van der Waals surface area contributed by atoms with Crippen LogP contribution in [0.2, 0.25) is 0 Å². The van der Waals surface area contributed by atoms with Crippen LogP contribution in [-0.2, 0) is 6.54 Å². The summed E-state index contributed by atoms with van der Waals surface area (Å²) in [5, 5.41) is 7.76. The maximum absolute atomic E-state index is 12.3. The molecule has 0 aliphatic carbocycles. The number of benzene rings is 1. The molecule has 1 aromatic carbocycles. The van der Waals surface area contributed by atoms with Crippen LogP contribution in [-0.4, -0.2) is 31.2 Å². The molecule has 96 valence electrons. The summed E-state index contributed by atoms with van der Waals surface area (Å²) in [6, 6.07) is 9.26. The molecule has 6 nitrogen and oxygen atoms in total. The molecule has 3 rings (SSSR count). The van der Waals surface area contributed by atoms with Gasteiger partial charge in [0.25, 0.3) is 5.56 Å². The van der Waals surface area contributed by atoms with Crippen molar-refractivity contribution in [3.8, 4) is 5.69 Å². The molecule has 0 radical (unpaired) electrons. The van der Waals surface area contributed by atoms with Crippen molar-refractivity contribution in [1.29, 1.82) is 0 Å². The number of fused-ring (bicyclic) bond motifs is 1. The van der Waals surface area contributed by atoms with Crippen LogP contribution >= 0.6 is 0 Å². The number of hydrogen-bond donors (Lipinski definition) is 0. The molecular formula is C12H10FN5O. The molecule has 7 heteroatoms. The maximum Gasteiger partial charge on any atom is 0.283 e. The zero-order valence-electron chi connectivity index (χ0n) is 9.90. The Labute approximate surface area is 107 Å². The summed E-state index contributed by atoms with van der Waals surface area (Å²) in [4.78, 5) is 16.1. The van der Waals surface area contributed by atoms with Gasteiger partial charge in [-0.3, -0.25) is 9.36 Å². The van der Waals surface area contributed by atoms with Gasteiger partial charge in [0, 0.05) is 0 Å². The molecule has 0 N–H and O–H groups in total. The Morgan fingerprint density at radius 1 is 1.21 bits per heavy atom. The van der Waals surface area contributed by atoms with Gasteiger partial charge in [-0.2, -0.15) is 4.68 Å². The zero-order chi connectivity index (χ0) is 13.2. The van der Waals surface area contributed by atoms with Gasteiger partial charge in [0.15, 0.2) is 11.2 Å². The van der Waals surface area contributed by atoms with Gasteiger partial charge in [-0.1, -0.05) is 23.4 Å². The lowest BCUT2D eigenvalue weighted by Crippen LogP contribution is -2.21. The smallest absolute Gasteiger partial charge is 0.283 e. The fourth-order valence-corrected chi connectivity index (χ4v) is 1.84. The van der Waals surface area contributed by atoms with E-state index in [2.05, 4.69) is 15.3 Å². The van der Waals surface area contributed by atoms with E-state index in [1.807, 2.05) is 30.3 Å². The van der Waals surface area contributed by atoms with Gasteiger partial charge in [-0.05, 0) is 12.1 Å². The molecule has 0 spiro atoms. The largest absolute Gasteiger partial charge is 0.295 e. The standard InChI is InChI=1S/C12H10FN5O/c13-6-7-17-8-14-11-10(12(17)19)15-16-18(11)9-4-2-1-3-5-9/h1-5,8H,6-7H2. The minimum absolute atomic E-state index is 0.0278. The number of rotatable bonds is 3. The van der Waals surface area contributed by atoms with Gasteiger partial charge in [-0.25, -0.2) is 9.37 Å². The molecule has 0 saturated carbocycles. The Morgan fingerprint density at radius 2 is 2.00 bits per heavy atom. The third kappa shape index (κ3) is 1.88. The quantitative estimate of drug-likeness (QED) is 0.702. The van der Waals surface area contributed by atoms with Crippen LogP contribution < -0.4 is 5.56 Å². The van der Waals surface area contributed by atoms with Gasteiger partial charge >= 0.3 is 0 Å². The summed E-state index contributed by atoms with van der Waals surface area (Å²) in [6.07, 6.45) is 1.31. The predicted octanol–water partition coefficient (Wildman–Crippen LogP) is 0.947. The highest BCUT2D eigenvalue weighted by molar-refractivity contribution is 5.70. The number of hydrogen-bond acceptors (Lipinski definition) is 4. The number of nitrogens with zero attached hydrogens (tertiary/aromatic N) is 5. The lowest BCUT2D eigenvalue weighted by molar-refractivity contribution is 0.439. The van der Waals surface area contributed by atoms with E-state index < -0.39 is 6.67 Å². The molecule has 2 heterocycles. The first-order valence-electron chi connectivity index (χ1n) is 5.73. The predicted molar refractivity (Wildman–Crippen MR) is 66.9 cm³/mol. The Bertz CT molecular complexity index is 765. The summed E-state index contributed by atoms with van der Waals surface area (Å²) in [6.45, 7) is -0.653. The van der Waals surface area contributed by atoms with Crippen molar-refractivity contribution < 1.29 is 4.39 Å². The Morgan fingerprint density at radius 3 is 2.74 bits per heavy atom. The zero-order valence-corrected chi connectivity index (χ0v) is 9.90. The third-order valence-corrected chi connectivity index (χ3v) is 2.76. The number of aryl methyl sites for hydroxylation is 1. The fraction of sp³-hybridized carbons (Fsp3) is 0.167. The molecule has 3 aromatic rings. The minimum atomic E-state index is -0.625. The summed E-state index contributed by atoms with van der Waals surface area (Å²) in [7, 11) is 0. The van der Waals surface area contributed by atoms with Crippen LogP contribution in [0.1, 0.15) is 0 Å². The van der Waals surface area contributed by atoms with E-state index in [9.17, 15) is 9.18 Å². The molecule has 2 aromatic heterocycles. The van der Waals surface area contributed by atoms with E-state index in [1.165, 1.54) is 15.6 Å². The average molecular weight is 259 g/mol. The molecule has 0 unspecified atom stereocenters. The minimum Gasteiger partial charge on any atom is -0.295 e. The normalized spacial score (nSPS) is 11.0. The van der Waals surface area contributed by atoms with Gasteiger partial charge in [0.1, 0.15) is 13.0 Å². The molecule has 0 bridgehead atoms. The van der Waals surface area contributed by atoms with Crippen LogP contribution in [0.25, 0.3) is 16.9 Å². The molecular weight excluding hydrogens is 249 g/mol. The molecule has 0 saturated heterocycles. The van der Waals surface area contributed by atoms with Crippen molar-refractivity contribution in [1.82, 2.24) is 24.5 Å². The average Bonchev–Trinajstić information content (AvgIpc) is 2.88. The van der Waals surface area contributed by atoms with Crippen LogP contribution in [0.15, 0.2) is 41.5 Å². The van der Waals surface area contributed by atoms with Gasteiger partial charge in [0.2, 0.25) is 0 Å². The second-order valence-corrected chi connectivity index (χ2v) is 3.94. The van der Waals surface area contributed by atoms with Gasteiger partial charge in [-0.15, -0.1) is 5.10 Å². The summed E-state index contributed by atoms with van der Waals surface area (Å²) in [5.74, 6) is 0. The van der Waals surface area contributed by atoms with Crippen LogP contribution in [0.3, 0.4) is 0 Å². The third-order valence-electron chi connectivity index (χ3n) is 2.76. The number of halogens is 1. The lowest BCUT2D eigenvalue weighted by Gasteiger charge is -2.02. The van der Waals surface area contributed by atoms with E-state index >= 15 is 0 Å². The fourth-order valence-electron chi connectivity index (χ4n) is 1.84. The van der Waals surface area contributed by atoms with Gasteiger partial charge < -0.3 is 0 Å². The topological polar surface area (TPSA) is 65.6 Å². The highest BCUT2D eigenvalue weighted by Gasteiger charge is 2.12. The SMILES string of the molecule is O=c1c2nnn(-c3ccccc3)c2ncn1CCF. The number of para-hydroxylation sites is 1. The monoisotopic (exact) mass is 259 g/mol. The van der Waals surface area contributed by atoms with Crippen molar-refractivity contribution in [2.45, 2.75) is 6.54 Å². The Hall–Kier alpha value is -2.57. The van der Waals surface area contributed by atoms with E-state index in [1.54, 1.807) is 0 Å². The van der Waals surface area contributed by atoms with Crippen LogP contribution in [0.4, 0.5) is 4.39 Å². The van der Waals surface area contributed by atoms with Crippen molar-refractivity contribution >= 4 is 11.2 Å².